The van der Waals surface area contributed by atoms with E-state index in [2.05, 4.69) is 9.72 Å². The topological polar surface area (TPSA) is 82.3 Å². The average molecular weight is 246 g/mol. The zero-order chi connectivity index (χ0) is 13.0. The Bertz CT molecular complexity index is 451. The standard InChI is InChI=1S/C9H8F2N2O4/c1-17-7(14)3-5-2-6(8(10)11)4-12-9(5)13(15)16/h2,4,8H,3H2,1H3. The Kier molecular flexibility index (Phi) is 4.02. The fourth-order valence-electron chi connectivity index (χ4n) is 1.16. The largest absolute Gasteiger partial charge is 0.469 e. The quantitative estimate of drug-likeness (QED) is 0.458. The van der Waals surface area contributed by atoms with Gasteiger partial charge in [-0.3, -0.25) is 4.79 Å². The first kappa shape index (κ1) is 12.9. The normalized spacial score (nSPS) is 10.4. The van der Waals surface area contributed by atoms with Gasteiger partial charge in [0.05, 0.1) is 24.7 Å². The van der Waals surface area contributed by atoms with Crippen molar-refractivity contribution in [1.29, 1.82) is 0 Å². The van der Waals surface area contributed by atoms with Gasteiger partial charge in [-0.15, -0.1) is 0 Å². The molecule has 0 bridgehead atoms. The van der Waals surface area contributed by atoms with Crippen LogP contribution in [0.2, 0.25) is 0 Å². The molecule has 8 heteroatoms. The van der Waals surface area contributed by atoms with Crippen molar-refractivity contribution in [3.8, 4) is 0 Å². The van der Waals surface area contributed by atoms with Crippen LogP contribution in [-0.2, 0) is 16.0 Å². The minimum atomic E-state index is -2.81. The molecule has 0 radical (unpaired) electrons. The van der Waals surface area contributed by atoms with Crippen molar-refractivity contribution < 1.29 is 23.2 Å². The molecule has 0 unspecified atom stereocenters. The van der Waals surface area contributed by atoms with Gasteiger partial charge in [-0.25, -0.2) is 8.78 Å². The van der Waals surface area contributed by atoms with Crippen molar-refractivity contribution in [2.45, 2.75) is 12.8 Å². The molecule has 0 aliphatic rings. The first-order valence-electron chi connectivity index (χ1n) is 4.44. The number of halogens is 2. The second-order valence-corrected chi connectivity index (χ2v) is 3.06. The van der Waals surface area contributed by atoms with Crippen LogP contribution in [0.25, 0.3) is 0 Å². The number of esters is 1. The molecule has 17 heavy (non-hydrogen) atoms. The molecule has 0 saturated carbocycles. The molecule has 0 aliphatic carbocycles. The van der Waals surface area contributed by atoms with E-state index in [1.807, 2.05) is 0 Å². The number of carbonyl (C=O) groups excluding carboxylic acids is 1. The number of rotatable bonds is 4. The number of alkyl halides is 2. The molecule has 1 heterocycles. The van der Waals surface area contributed by atoms with Gasteiger partial charge in [0.2, 0.25) is 0 Å². The molecule has 0 aromatic carbocycles. The summed E-state index contributed by atoms with van der Waals surface area (Å²) in [5, 5.41) is 10.6. The molecule has 0 N–H and O–H groups in total. The van der Waals surface area contributed by atoms with Crippen LogP contribution in [0.5, 0.6) is 0 Å². The summed E-state index contributed by atoms with van der Waals surface area (Å²) in [5.74, 6) is -1.39. The van der Waals surface area contributed by atoms with E-state index in [1.165, 1.54) is 0 Å². The minimum Gasteiger partial charge on any atom is -0.469 e. The molecule has 0 atom stereocenters. The molecule has 0 spiro atoms. The smallest absolute Gasteiger partial charge is 0.367 e. The van der Waals surface area contributed by atoms with Crippen LogP contribution < -0.4 is 0 Å². The monoisotopic (exact) mass is 246 g/mol. The van der Waals surface area contributed by atoms with Gasteiger partial charge in [0.25, 0.3) is 6.43 Å². The van der Waals surface area contributed by atoms with E-state index in [9.17, 15) is 23.7 Å². The SMILES string of the molecule is COC(=O)Cc1cc(C(F)F)cnc1[N+](=O)[O-]. The van der Waals surface area contributed by atoms with E-state index in [4.69, 9.17) is 0 Å². The molecule has 0 saturated heterocycles. The van der Waals surface area contributed by atoms with E-state index < -0.39 is 35.1 Å². The summed E-state index contributed by atoms with van der Waals surface area (Å²) in [6, 6.07) is 0.882. The maximum absolute atomic E-state index is 12.4. The lowest BCUT2D eigenvalue weighted by Crippen LogP contribution is -2.08. The van der Waals surface area contributed by atoms with Crippen LogP contribution in [0.4, 0.5) is 14.6 Å². The fourth-order valence-corrected chi connectivity index (χ4v) is 1.16. The van der Waals surface area contributed by atoms with Gasteiger partial charge in [0.1, 0.15) is 6.20 Å². The summed E-state index contributed by atoms with van der Waals surface area (Å²) in [5.41, 5.74) is -0.672. The lowest BCUT2D eigenvalue weighted by Gasteiger charge is -2.03. The maximum Gasteiger partial charge on any atom is 0.367 e. The predicted octanol–water partition coefficient (Wildman–Crippen LogP) is 1.64. The number of hydrogen-bond acceptors (Lipinski definition) is 5. The molecule has 0 aliphatic heterocycles. The van der Waals surface area contributed by atoms with E-state index in [-0.39, 0.29) is 5.56 Å². The molecule has 1 aromatic rings. The number of carbonyl (C=O) groups is 1. The molecule has 1 aromatic heterocycles. The van der Waals surface area contributed by atoms with Crippen molar-refractivity contribution in [2.24, 2.45) is 0 Å². The second-order valence-electron chi connectivity index (χ2n) is 3.06. The van der Waals surface area contributed by atoms with Crippen molar-refractivity contribution in [3.63, 3.8) is 0 Å². The van der Waals surface area contributed by atoms with E-state index in [1.54, 1.807) is 0 Å². The Morgan fingerprint density at radius 2 is 2.29 bits per heavy atom. The van der Waals surface area contributed by atoms with Gasteiger partial charge in [0, 0.05) is 0 Å². The zero-order valence-electron chi connectivity index (χ0n) is 8.72. The van der Waals surface area contributed by atoms with Gasteiger partial charge >= 0.3 is 11.8 Å². The highest BCUT2D eigenvalue weighted by molar-refractivity contribution is 5.73. The Morgan fingerprint density at radius 1 is 1.65 bits per heavy atom. The summed E-state index contributed by atoms with van der Waals surface area (Å²) >= 11 is 0. The first-order chi connectivity index (χ1) is 7.95. The van der Waals surface area contributed by atoms with Crippen LogP contribution >= 0.6 is 0 Å². The summed E-state index contributed by atoms with van der Waals surface area (Å²) in [4.78, 5) is 24.0. The first-order valence-corrected chi connectivity index (χ1v) is 4.44. The van der Waals surface area contributed by atoms with Crippen LogP contribution in [-0.4, -0.2) is 23.0 Å². The van der Waals surface area contributed by atoms with Gasteiger partial charge in [-0.05, 0) is 16.0 Å². The third-order valence-corrected chi connectivity index (χ3v) is 1.95. The van der Waals surface area contributed by atoms with Gasteiger partial charge in [-0.1, -0.05) is 0 Å². The van der Waals surface area contributed by atoms with Crippen molar-refractivity contribution in [3.05, 3.63) is 33.5 Å². The molecular weight excluding hydrogens is 238 g/mol. The number of pyridine rings is 1. The summed E-state index contributed by atoms with van der Waals surface area (Å²) in [6.45, 7) is 0. The van der Waals surface area contributed by atoms with E-state index in [0.717, 1.165) is 13.2 Å². The van der Waals surface area contributed by atoms with Crippen molar-refractivity contribution >= 4 is 11.8 Å². The van der Waals surface area contributed by atoms with Gasteiger partial charge in [0.15, 0.2) is 0 Å². The second kappa shape index (κ2) is 5.28. The third kappa shape index (κ3) is 3.16. The van der Waals surface area contributed by atoms with Gasteiger partial charge in [-0.2, -0.15) is 0 Å². The number of hydrogen-bond donors (Lipinski definition) is 0. The van der Waals surface area contributed by atoms with Crippen LogP contribution in [0, 0.1) is 10.1 Å². The number of aromatic nitrogens is 1. The summed E-state index contributed by atoms with van der Waals surface area (Å²) < 4.78 is 29.1. The number of ether oxygens (including phenoxy) is 1. The van der Waals surface area contributed by atoms with E-state index in [0.29, 0.717) is 6.20 Å². The molecule has 0 amide bonds. The molecule has 92 valence electrons. The van der Waals surface area contributed by atoms with Gasteiger partial charge < -0.3 is 14.9 Å². The fraction of sp³-hybridized carbons (Fsp3) is 0.333. The van der Waals surface area contributed by atoms with Crippen molar-refractivity contribution in [1.82, 2.24) is 4.98 Å². The maximum atomic E-state index is 12.4. The number of methoxy groups -OCH3 is 1. The highest BCUT2D eigenvalue weighted by atomic mass is 19.3. The summed E-state index contributed by atoms with van der Waals surface area (Å²) in [7, 11) is 1.10. The van der Waals surface area contributed by atoms with E-state index >= 15 is 0 Å². The Balaban J connectivity index is 3.15. The predicted molar refractivity (Wildman–Crippen MR) is 51.6 cm³/mol. The Labute approximate surface area is 94.4 Å². The molecule has 6 nitrogen and oxygen atoms in total. The molecule has 1 rings (SSSR count). The summed E-state index contributed by atoms with van der Waals surface area (Å²) in [6.07, 6.45) is -2.57. The number of nitrogens with zero attached hydrogens (tertiary/aromatic N) is 2. The zero-order valence-corrected chi connectivity index (χ0v) is 8.72. The van der Waals surface area contributed by atoms with Crippen LogP contribution in [0.15, 0.2) is 12.3 Å². The van der Waals surface area contributed by atoms with Crippen LogP contribution in [0.3, 0.4) is 0 Å². The lowest BCUT2D eigenvalue weighted by atomic mass is 10.1. The Morgan fingerprint density at radius 3 is 2.76 bits per heavy atom. The van der Waals surface area contributed by atoms with Crippen molar-refractivity contribution in [2.75, 3.05) is 7.11 Å². The van der Waals surface area contributed by atoms with Crippen LogP contribution in [0.1, 0.15) is 17.6 Å². The minimum absolute atomic E-state index is 0.195. The highest BCUT2D eigenvalue weighted by Crippen LogP contribution is 2.24. The lowest BCUT2D eigenvalue weighted by molar-refractivity contribution is -0.390. The Hall–Kier alpha value is -2.12. The average Bonchev–Trinajstić information content (AvgIpc) is 2.28. The third-order valence-electron chi connectivity index (χ3n) is 1.95. The molecular formula is C9H8F2N2O4. The molecule has 0 fully saturated rings. The number of nitro groups is 1. The highest BCUT2D eigenvalue weighted by Gasteiger charge is 2.21.